The lowest BCUT2D eigenvalue weighted by Gasteiger charge is -2.13. The van der Waals surface area contributed by atoms with Crippen molar-refractivity contribution in [2.24, 2.45) is 0 Å². The van der Waals surface area contributed by atoms with Crippen molar-refractivity contribution in [2.45, 2.75) is 20.4 Å². The number of halogens is 2. The van der Waals surface area contributed by atoms with Crippen molar-refractivity contribution in [3.05, 3.63) is 56.5 Å². The third-order valence-electron chi connectivity index (χ3n) is 3.16. The second-order valence-corrected chi connectivity index (χ2v) is 5.96. The summed E-state index contributed by atoms with van der Waals surface area (Å²) in [5, 5.41) is 4.13. The Hall–Kier alpha value is -1.19. The lowest BCUT2D eigenvalue weighted by molar-refractivity contribution is 0.410. The first-order chi connectivity index (χ1) is 9.51. The van der Waals surface area contributed by atoms with Gasteiger partial charge in [-0.15, -0.1) is 0 Å². The zero-order chi connectivity index (χ0) is 14.7. The van der Waals surface area contributed by atoms with Gasteiger partial charge in [0.25, 0.3) is 0 Å². The second kappa shape index (κ2) is 6.51. The molecule has 106 valence electrons. The summed E-state index contributed by atoms with van der Waals surface area (Å²) in [7, 11) is 1.67. The molecule has 0 aliphatic heterocycles. The van der Waals surface area contributed by atoms with Crippen LogP contribution in [0.5, 0.6) is 5.75 Å². The number of ether oxygens (including phenoxy) is 1. The fourth-order valence-electron chi connectivity index (χ4n) is 2.13. The molecule has 0 heterocycles. The molecule has 0 saturated carbocycles. The third kappa shape index (κ3) is 3.47. The second-order valence-electron chi connectivity index (χ2n) is 4.73. The van der Waals surface area contributed by atoms with Gasteiger partial charge in [-0.3, -0.25) is 0 Å². The van der Waals surface area contributed by atoms with Gasteiger partial charge >= 0.3 is 0 Å². The topological polar surface area (TPSA) is 21.3 Å². The Morgan fingerprint density at radius 2 is 1.80 bits per heavy atom. The van der Waals surface area contributed by atoms with Crippen LogP contribution in [0.2, 0.25) is 5.02 Å². The highest BCUT2D eigenvalue weighted by Gasteiger charge is 2.06. The number of aryl methyl sites for hydroxylation is 2. The number of rotatable bonds is 4. The number of methoxy groups -OCH3 is 1. The number of benzene rings is 2. The van der Waals surface area contributed by atoms with Crippen LogP contribution in [0.3, 0.4) is 0 Å². The predicted octanol–water partition coefficient (Wildman–Crippen LogP) is 5.34. The number of hydrogen-bond donors (Lipinski definition) is 1. The molecular weight excluding hydrogens is 338 g/mol. The molecule has 2 rings (SSSR count). The molecule has 0 unspecified atom stereocenters. The smallest absolute Gasteiger partial charge is 0.123 e. The van der Waals surface area contributed by atoms with Gasteiger partial charge in [0, 0.05) is 27.3 Å². The van der Waals surface area contributed by atoms with Crippen molar-refractivity contribution >= 4 is 33.2 Å². The maximum Gasteiger partial charge on any atom is 0.123 e. The van der Waals surface area contributed by atoms with E-state index in [9.17, 15) is 0 Å². The highest BCUT2D eigenvalue weighted by molar-refractivity contribution is 9.10. The fraction of sp³-hybridized carbons (Fsp3) is 0.250. The highest BCUT2D eigenvalue weighted by atomic mass is 79.9. The van der Waals surface area contributed by atoms with Gasteiger partial charge in [0.15, 0.2) is 0 Å². The summed E-state index contributed by atoms with van der Waals surface area (Å²) in [6.45, 7) is 4.84. The summed E-state index contributed by atoms with van der Waals surface area (Å²) in [5.41, 5.74) is 4.56. The van der Waals surface area contributed by atoms with Crippen LogP contribution >= 0.6 is 27.5 Å². The molecule has 2 aromatic rings. The SMILES string of the molecule is COc1ccc(Cl)cc1CNc1cc(C)c(Br)c(C)c1. The monoisotopic (exact) mass is 353 g/mol. The van der Waals surface area contributed by atoms with Crippen molar-refractivity contribution in [1.82, 2.24) is 0 Å². The zero-order valence-corrected chi connectivity index (χ0v) is 14.1. The minimum atomic E-state index is 0.671. The van der Waals surface area contributed by atoms with E-state index in [1.54, 1.807) is 7.11 Å². The van der Waals surface area contributed by atoms with Crippen molar-refractivity contribution in [3.63, 3.8) is 0 Å². The van der Waals surface area contributed by atoms with E-state index >= 15 is 0 Å². The molecule has 0 bridgehead atoms. The Morgan fingerprint density at radius 1 is 1.15 bits per heavy atom. The van der Waals surface area contributed by atoms with Crippen LogP contribution in [-0.2, 0) is 6.54 Å². The molecule has 0 aliphatic rings. The minimum Gasteiger partial charge on any atom is -0.496 e. The highest BCUT2D eigenvalue weighted by Crippen LogP contribution is 2.27. The first-order valence-electron chi connectivity index (χ1n) is 6.34. The molecule has 0 radical (unpaired) electrons. The number of hydrogen-bond acceptors (Lipinski definition) is 2. The van der Waals surface area contributed by atoms with Gasteiger partial charge in [0.2, 0.25) is 0 Å². The van der Waals surface area contributed by atoms with E-state index < -0.39 is 0 Å². The van der Waals surface area contributed by atoms with Gasteiger partial charge in [0.1, 0.15) is 5.75 Å². The average molecular weight is 355 g/mol. The molecule has 2 nitrogen and oxygen atoms in total. The molecule has 0 aromatic heterocycles. The van der Waals surface area contributed by atoms with Crippen LogP contribution in [0.4, 0.5) is 5.69 Å². The summed E-state index contributed by atoms with van der Waals surface area (Å²) in [5.74, 6) is 0.840. The lowest BCUT2D eigenvalue weighted by Crippen LogP contribution is -2.02. The van der Waals surface area contributed by atoms with E-state index in [2.05, 4.69) is 47.2 Å². The molecule has 1 N–H and O–H groups in total. The van der Waals surface area contributed by atoms with E-state index in [4.69, 9.17) is 16.3 Å². The van der Waals surface area contributed by atoms with Crippen LogP contribution in [-0.4, -0.2) is 7.11 Å². The van der Waals surface area contributed by atoms with Crippen LogP contribution in [0.25, 0.3) is 0 Å². The van der Waals surface area contributed by atoms with E-state index in [0.29, 0.717) is 11.6 Å². The lowest BCUT2D eigenvalue weighted by atomic mass is 10.1. The number of nitrogens with one attached hydrogen (secondary N) is 1. The van der Waals surface area contributed by atoms with Gasteiger partial charge < -0.3 is 10.1 Å². The Bertz CT molecular complexity index is 605. The molecule has 0 aliphatic carbocycles. The Balaban J connectivity index is 2.18. The summed E-state index contributed by atoms with van der Waals surface area (Å²) in [4.78, 5) is 0. The molecule has 4 heteroatoms. The predicted molar refractivity (Wildman–Crippen MR) is 88.9 cm³/mol. The van der Waals surface area contributed by atoms with Gasteiger partial charge in [-0.25, -0.2) is 0 Å². The van der Waals surface area contributed by atoms with E-state index in [0.717, 1.165) is 21.5 Å². The zero-order valence-electron chi connectivity index (χ0n) is 11.8. The minimum absolute atomic E-state index is 0.671. The normalized spacial score (nSPS) is 10.4. The van der Waals surface area contributed by atoms with E-state index in [-0.39, 0.29) is 0 Å². The van der Waals surface area contributed by atoms with Crippen LogP contribution in [0.1, 0.15) is 16.7 Å². The molecule has 0 amide bonds. The van der Waals surface area contributed by atoms with Crippen LogP contribution in [0.15, 0.2) is 34.8 Å². The van der Waals surface area contributed by atoms with Crippen molar-refractivity contribution in [2.75, 3.05) is 12.4 Å². The maximum absolute atomic E-state index is 6.04. The Labute approximate surface area is 133 Å². The third-order valence-corrected chi connectivity index (χ3v) is 4.65. The molecule has 0 fully saturated rings. The molecule has 0 atom stereocenters. The summed E-state index contributed by atoms with van der Waals surface area (Å²) in [6.07, 6.45) is 0. The van der Waals surface area contributed by atoms with Crippen LogP contribution in [0, 0.1) is 13.8 Å². The molecule has 0 saturated heterocycles. The van der Waals surface area contributed by atoms with E-state index in [1.165, 1.54) is 11.1 Å². The van der Waals surface area contributed by atoms with Gasteiger partial charge in [0.05, 0.1) is 7.11 Å². The summed E-state index contributed by atoms with van der Waals surface area (Å²) >= 11 is 9.61. The molecule has 20 heavy (non-hydrogen) atoms. The quantitative estimate of drug-likeness (QED) is 0.800. The summed E-state index contributed by atoms with van der Waals surface area (Å²) < 4.78 is 6.51. The fourth-order valence-corrected chi connectivity index (χ4v) is 2.55. The number of anilines is 1. The standard InChI is InChI=1S/C16H17BrClNO/c1-10-6-14(7-11(2)16(10)17)19-9-12-8-13(18)4-5-15(12)20-3/h4-8,19H,9H2,1-3H3. The first-order valence-corrected chi connectivity index (χ1v) is 7.51. The van der Waals surface area contributed by atoms with Crippen molar-refractivity contribution in [1.29, 1.82) is 0 Å². The van der Waals surface area contributed by atoms with Gasteiger partial charge in [-0.2, -0.15) is 0 Å². The van der Waals surface area contributed by atoms with Crippen molar-refractivity contribution < 1.29 is 4.74 Å². The largest absolute Gasteiger partial charge is 0.496 e. The van der Waals surface area contributed by atoms with Gasteiger partial charge in [-0.1, -0.05) is 27.5 Å². The molecular formula is C16H17BrClNO. The molecule has 0 spiro atoms. The van der Waals surface area contributed by atoms with Crippen LogP contribution < -0.4 is 10.1 Å². The molecule has 2 aromatic carbocycles. The Morgan fingerprint density at radius 3 is 2.40 bits per heavy atom. The average Bonchev–Trinajstić information content (AvgIpc) is 2.42. The van der Waals surface area contributed by atoms with E-state index in [1.807, 2.05) is 18.2 Å². The maximum atomic E-state index is 6.04. The van der Waals surface area contributed by atoms with Gasteiger partial charge in [-0.05, 0) is 55.3 Å². The Kier molecular flexibility index (Phi) is 4.95. The summed E-state index contributed by atoms with van der Waals surface area (Å²) in [6, 6.07) is 9.88. The first kappa shape index (κ1) is 15.2. The van der Waals surface area contributed by atoms with Crippen molar-refractivity contribution in [3.8, 4) is 5.75 Å².